The van der Waals surface area contributed by atoms with Gasteiger partial charge in [-0.1, -0.05) is 71.1 Å². The molecule has 0 spiro atoms. The van der Waals surface area contributed by atoms with Crippen molar-refractivity contribution in [1.82, 2.24) is 25.1 Å². The molecule has 4 heterocycles. The van der Waals surface area contributed by atoms with Crippen molar-refractivity contribution in [2.75, 3.05) is 27.9 Å². The van der Waals surface area contributed by atoms with Crippen molar-refractivity contribution in [3.63, 3.8) is 0 Å². The number of allylic oxidation sites excluding steroid dienone is 6. The summed E-state index contributed by atoms with van der Waals surface area (Å²) in [6.45, 7) is 12.8. The molecule has 384 valence electrons. The number of carbonyl (C=O) groups excluding carboxylic acids is 5. The van der Waals surface area contributed by atoms with Crippen molar-refractivity contribution < 1.29 is 57.9 Å². The van der Waals surface area contributed by atoms with Crippen LogP contribution in [0.4, 0.5) is 0 Å². The molecule has 5 rings (SSSR count). The van der Waals surface area contributed by atoms with Crippen molar-refractivity contribution in [2.24, 2.45) is 35.5 Å². The van der Waals surface area contributed by atoms with Crippen LogP contribution in [-0.4, -0.2) is 141 Å². The molecule has 1 amide bonds. The minimum absolute atomic E-state index is 0.0124. The van der Waals surface area contributed by atoms with Gasteiger partial charge in [-0.05, 0) is 117 Å². The number of nitrogens with zero attached hydrogens (tertiary/aromatic N) is 5. The maximum absolute atomic E-state index is 14.7. The number of tetrazole rings is 1. The molecule has 0 radical (unpaired) electrons. The highest BCUT2D eigenvalue weighted by Crippen LogP contribution is 2.39. The van der Waals surface area contributed by atoms with Crippen LogP contribution in [0.1, 0.15) is 132 Å². The summed E-state index contributed by atoms with van der Waals surface area (Å²) < 4.78 is 31.7. The number of piperidine rings is 1. The highest BCUT2D eigenvalue weighted by atomic mass is 16.6. The van der Waals surface area contributed by atoms with Crippen LogP contribution in [0.5, 0.6) is 0 Å². The molecular formula is C52H79N5O12. The van der Waals surface area contributed by atoms with Crippen molar-refractivity contribution in [3.8, 4) is 0 Å². The van der Waals surface area contributed by atoms with Gasteiger partial charge in [-0.25, -0.2) is 9.48 Å². The van der Waals surface area contributed by atoms with E-state index in [1.807, 2.05) is 58.1 Å². The number of rotatable bonds is 7. The number of ketones is 3. The van der Waals surface area contributed by atoms with Gasteiger partial charge in [0.25, 0.3) is 5.91 Å². The standard InChI is InChI=1S/C52H79N5O12/c1-31-16-12-11-13-17-32(2)43(65-8)28-39-21-19-33(3)49(61)52(64,69-39)51(63)56-23-15-14-18-41(56)50(62)68-44(35(5)26-38-20-22-40(45(27-38)66-9)57-30-53-54-55-57)29-42(58)34(4)25-37(7)47(60)48(67-10)46(59)36(6)24-31/h11-13,16-17,25,30-31,33-36,38-41,43-45,47-48,60,64H,14-15,18-24,26-29H2,1-10H3/b13-11+,16-12+,32-17+,37-25+/t31-,33-,34-,35-,36+,38+,39+,40+,41?,43+,44+,45-,47-,48+,52?/m1/s1. The van der Waals surface area contributed by atoms with E-state index >= 15 is 0 Å². The topological polar surface area (TPSA) is 219 Å². The second-order valence-electron chi connectivity index (χ2n) is 20.4. The Morgan fingerprint density at radius 2 is 1.62 bits per heavy atom. The Kier molecular flexibility index (Phi) is 20.8. The molecule has 2 bridgehead atoms. The summed E-state index contributed by atoms with van der Waals surface area (Å²) in [6, 6.07) is -1.21. The molecule has 2 saturated heterocycles. The van der Waals surface area contributed by atoms with E-state index in [1.165, 1.54) is 12.0 Å². The third-order valence-electron chi connectivity index (χ3n) is 15.1. The number of carbonyl (C=O) groups is 5. The van der Waals surface area contributed by atoms with Crippen LogP contribution >= 0.6 is 0 Å². The first-order valence-corrected chi connectivity index (χ1v) is 25.0. The molecule has 1 aromatic heterocycles. The summed E-state index contributed by atoms with van der Waals surface area (Å²) in [4.78, 5) is 72.6. The summed E-state index contributed by atoms with van der Waals surface area (Å²) in [5.74, 6) is -7.98. The number of esters is 1. The van der Waals surface area contributed by atoms with Crippen LogP contribution < -0.4 is 0 Å². The van der Waals surface area contributed by atoms with E-state index in [0.29, 0.717) is 50.5 Å². The Balaban J connectivity index is 1.49. The van der Waals surface area contributed by atoms with Gasteiger partial charge in [-0.2, -0.15) is 0 Å². The van der Waals surface area contributed by atoms with E-state index in [2.05, 4.69) is 15.5 Å². The predicted octanol–water partition coefficient (Wildman–Crippen LogP) is 6.05. The maximum Gasteiger partial charge on any atom is 0.329 e. The predicted molar refractivity (Wildman–Crippen MR) is 256 cm³/mol. The number of cyclic esters (lactones) is 1. The summed E-state index contributed by atoms with van der Waals surface area (Å²) in [7, 11) is 4.61. The van der Waals surface area contributed by atoms with E-state index in [1.54, 1.807) is 52.1 Å². The van der Waals surface area contributed by atoms with Crippen LogP contribution in [0.25, 0.3) is 0 Å². The average molecular weight is 966 g/mol. The lowest BCUT2D eigenvalue weighted by molar-refractivity contribution is -0.231. The van der Waals surface area contributed by atoms with Gasteiger partial charge in [0.2, 0.25) is 5.78 Å². The van der Waals surface area contributed by atoms with Gasteiger partial charge in [-0.3, -0.25) is 19.2 Å². The highest BCUT2D eigenvalue weighted by molar-refractivity contribution is 6.09. The van der Waals surface area contributed by atoms with Crippen LogP contribution in [0.3, 0.4) is 0 Å². The number of aromatic nitrogens is 4. The number of fused-ring (bicyclic) bond motifs is 3. The zero-order chi connectivity index (χ0) is 50.6. The van der Waals surface area contributed by atoms with Crippen LogP contribution in [0.2, 0.25) is 0 Å². The molecule has 4 aliphatic rings. The minimum Gasteiger partial charge on any atom is -0.460 e. The quantitative estimate of drug-likeness (QED) is 0.181. The van der Waals surface area contributed by atoms with Crippen molar-refractivity contribution >= 4 is 29.2 Å². The van der Waals surface area contributed by atoms with Gasteiger partial charge in [0.05, 0.1) is 24.4 Å². The lowest BCUT2D eigenvalue weighted by Crippen LogP contribution is -2.62. The lowest BCUT2D eigenvalue weighted by atomic mass is 9.77. The molecule has 3 aliphatic heterocycles. The third-order valence-corrected chi connectivity index (χ3v) is 15.1. The van der Waals surface area contributed by atoms with Gasteiger partial charge >= 0.3 is 11.8 Å². The first kappa shape index (κ1) is 55.7. The Hall–Kier alpha value is -4.26. The Labute approximate surface area is 408 Å². The van der Waals surface area contributed by atoms with E-state index < -0.39 is 77.8 Å². The Morgan fingerprint density at radius 1 is 0.870 bits per heavy atom. The van der Waals surface area contributed by atoms with Crippen molar-refractivity contribution in [3.05, 3.63) is 53.9 Å². The molecule has 3 fully saturated rings. The van der Waals surface area contributed by atoms with E-state index in [0.717, 1.165) is 18.4 Å². The van der Waals surface area contributed by atoms with Gasteiger partial charge in [0.1, 0.15) is 36.5 Å². The first-order chi connectivity index (χ1) is 32.8. The van der Waals surface area contributed by atoms with Crippen molar-refractivity contribution in [2.45, 2.75) is 180 Å². The van der Waals surface area contributed by atoms with Crippen molar-refractivity contribution in [1.29, 1.82) is 0 Å². The van der Waals surface area contributed by atoms with Crippen LogP contribution in [0.15, 0.2) is 53.9 Å². The smallest absolute Gasteiger partial charge is 0.329 e. The van der Waals surface area contributed by atoms with E-state index in [-0.39, 0.29) is 67.3 Å². The molecule has 2 unspecified atom stereocenters. The largest absolute Gasteiger partial charge is 0.460 e. The Bertz CT molecular complexity index is 2020. The zero-order valence-electron chi connectivity index (χ0n) is 42.5. The highest BCUT2D eigenvalue weighted by Gasteiger charge is 2.55. The fraction of sp³-hybridized carbons (Fsp3) is 0.731. The Morgan fingerprint density at radius 3 is 2.30 bits per heavy atom. The molecule has 69 heavy (non-hydrogen) atoms. The van der Waals surface area contributed by atoms with E-state index in [4.69, 9.17) is 23.7 Å². The second kappa shape index (κ2) is 25.7. The average Bonchev–Trinajstić information content (AvgIpc) is 3.85. The maximum atomic E-state index is 14.7. The zero-order valence-corrected chi connectivity index (χ0v) is 42.5. The number of ether oxygens (including phenoxy) is 5. The summed E-state index contributed by atoms with van der Waals surface area (Å²) in [6.07, 6.45) is 13.4. The van der Waals surface area contributed by atoms with Gasteiger partial charge < -0.3 is 38.8 Å². The number of hydrogen-bond acceptors (Lipinski definition) is 15. The SMILES string of the molecule is CO[C@H]1C[C@@H]2CC[C@@H](C)C(=O)C(O)(O2)C(=O)N2CCCCC2C(=O)O[C@H]([C@H](C)C[C@@H]2CC[C@H](n3cnnn3)[C@H](OC)C2)CC(=O)[C@H](C)/C=C(\C)[C@@H](O)[C@@H](OC)C(=O)[C@@H](C)C[C@H](C)/C=C/C=C/C=C/1C. The molecule has 17 heteroatoms. The number of Topliss-reactive ketones (excluding diaryl/α,β-unsaturated/α-hetero) is 3. The normalized spacial score (nSPS) is 38.8. The van der Waals surface area contributed by atoms with Gasteiger partial charge in [-0.15, -0.1) is 5.10 Å². The third kappa shape index (κ3) is 14.2. The summed E-state index contributed by atoms with van der Waals surface area (Å²) in [5.41, 5.74) is 1.24. The molecule has 17 nitrogen and oxygen atoms in total. The molecule has 1 aliphatic carbocycles. The molecule has 15 atom stereocenters. The molecule has 0 aromatic carbocycles. The number of hydrogen-bond donors (Lipinski definition) is 2. The summed E-state index contributed by atoms with van der Waals surface area (Å²) >= 11 is 0. The monoisotopic (exact) mass is 966 g/mol. The second-order valence-corrected chi connectivity index (χ2v) is 20.4. The molecule has 1 aromatic rings. The fourth-order valence-corrected chi connectivity index (χ4v) is 10.7. The van der Waals surface area contributed by atoms with Crippen LogP contribution in [-0.2, 0) is 47.7 Å². The lowest BCUT2D eigenvalue weighted by Gasteiger charge is -2.40. The number of methoxy groups -OCH3 is 3. The van der Waals surface area contributed by atoms with Gasteiger partial charge in [0.15, 0.2) is 5.78 Å². The molecular weight excluding hydrogens is 887 g/mol. The molecule has 1 saturated carbocycles. The fourth-order valence-electron chi connectivity index (χ4n) is 10.7. The van der Waals surface area contributed by atoms with Gasteiger partial charge in [0, 0.05) is 58.5 Å². The first-order valence-electron chi connectivity index (χ1n) is 25.0. The van der Waals surface area contributed by atoms with Crippen LogP contribution in [0, 0.1) is 35.5 Å². The van der Waals surface area contributed by atoms with E-state index in [9.17, 15) is 34.2 Å². The number of amides is 1. The number of aliphatic hydroxyl groups excluding tert-OH is 1. The molecule has 2 N–H and O–H groups in total. The number of aliphatic hydroxyl groups is 2. The summed E-state index contributed by atoms with van der Waals surface area (Å²) in [5, 5.41) is 35.4. The minimum atomic E-state index is -2.86.